The Kier molecular flexibility index (Phi) is 3.94. The summed E-state index contributed by atoms with van der Waals surface area (Å²) < 4.78 is 0. The zero-order chi connectivity index (χ0) is 13.0. The number of aromatic amines is 1. The molecule has 0 fully saturated rings. The number of aryl methyl sites for hydroxylation is 2. The number of hydrogen-bond donors (Lipinski definition) is 3. The Morgan fingerprint density at radius 1 is 1.33 bits per heavy atom. The van der Waals surface area contributed by atoms with Crippen LogP contribution >= 0.6 is 12.2 Å². The number of benzene rings is 1. The van der Waals surface area contributed by atoms with Gasteiger partial charge in [0.15, 0.2) is 5.11 Å². The van der Waals surface area contributed by atoms with Gasteiger partial charge in [-0.1, -0.05) is 12.1 Å². The molecule has 0 aliphatic carbocycles. The standard InChI is InChI=1S/C13H16N4S/c1-9-3-4-10(2)12(7-9)16-13(18)14-8-11-5-6-15-17-11/h3-7H,8H2,1-2H3,(H,15,17)(H2,14,16,18). The molecule has 3 N–H and O–H groups in total. The van der Waals surface area contributed by atoms with Crippen LogP contribution in [0.4, 0.5) is 5.69 Å². The van der Waals surface area contributed by atoms with Gasteiger partial charge in [-0.05, 0) is 49.3 Å². The molecule has 0 saturated heterocycles. The minimum Gasteiger partial charge on any atom is -0.357 e. The van der Waals surface area contributed by atoms with Gasteiger partial charge in [0.1, 0.15) is 0 Å². The molecule has 5 heteroatoms. The summed E-state index contributed by atoms with van der Waals surface area (Å²) >= 11 is 5.26. The summed E-state index contributed by atoms with van der Waals surface area (Å²) in [6.45, 7) is 4.75. The Balaban J connectivity index is 1.92. The average Bonchev–Trinajstić information content (AvgIpc) is 2.84. The Hall–Kier alpha value is -1.88. The molecule has 1 aromatic heterocycles. The van der Waals surface area contributed by atoms with Crippen LogP contribution < -0.4 is 10.6 Å². The Morgan fingerprint density at radius 3 is 2.89 bits per heavy atom. The lowest BCUT2D eigenvalue weighted by atomic mass is 10.1. The molecule has 0 unspecified atom stereocenters. The molecular weight excluding hydrogens is 244 g/mol. The summed E-state index contributed by atoms with van der Waals surface area (Å²) in [6.07, 6.45) is 1.72. The predicted octanol–water partition coefficient (Wildman–Crippen LogP) is 2.51. The van der Waals surface area contributed by atoms with Crippen LogP contribution in [0.2, 0.25) is 0 Å². The van der Waals surface area contributed by atoms with Crippen LogP contribution in [0.5, 0.6) is 0 Å². The first-order chi connectivity index (χ1) is 8.65. The first kappa shape index (κ1) is 12.6. The molecule has 94 valence electrons. The van der Waals surface area contributed by atoms with Gasteiger partial charge in [0.05, 0.1) is 12.2 Å². The van der Waals surface area contributed by atoms with Crippen molar-refractivity contribution in [2.45, 2.75) is 20.4 Å². The molecule has 0 aliphatic heterocycles. The van der Waals surface area contributed by atoms with E-state index in [0.29, 0.717) is 11.7 Å². The van der Waals surface area contributed by atoms with E-state index in [1.165, 1.54) is 11.1 Å². The van der Waals surface area contributed by atoms with E-state index in [-0.39, 0.29) is 0 Å². The molecule has 1 aromatic carbocycles. The summed E-state index contributed by atoms with van der Waals surface area (Å²) in [5.41, 5.74) is 4.42. The minimum atomic E-state index is 0.610. The topological polar surface area (TPSA) is 52.7 Å². The fourth-order valence-electron chi connectivity index (χ4n) is 1.60. The second kappa shape index (κ2) is 5.64. The van der Waals surface area contributed by atoms with E-state index in [0.717, 1.165) is 11.4 Å². The number of thiocarbonyl (C=S) groups is 1. The SMILES string of the molecule is Cc1ccc(C)c(NC(=S)NCc2ccn[nH]2)c1. The van der Waals surface area contributed by atoms with E-state index in [1.807, 2.05) is 6.07 Å². The van der Waals surface area contributed by atoms with E-state index in [2.05, 4.69) is 52.9 Å². The quantitative estimate of drug-likeness (QED) is 0.742. The fourth-order valence-corrected chi connectivity index (χ4v) is 1.78. The minimum absolute atomic E-state index is 0.610. The Labute approximate surface area is 112 Å². The predicted molar refractivity (Wildman–Crippen MR) is 77.6 cm³/mol. The second-order valence-electron chi connectivity index (χ2n) is 4.21. The zero-order valence-corrected chi connectivity index (χ0v) is 11.3. The van der Waals surface area contributed by atoms with E-state index in [1.54, 1.807) is 6.20 Å². The molecule has 0 radical (unpaired) electrons. The summed E-state index contributed by atoms with van der Waals surface area (Å²) in [6, 6.07) is 8.16. The normalized spacial score (nSPS) is 10.1. The average molecular weight is 260 g/mol. The maximum Gasteiger partial charge on any atom is 0.171 e. The lowest BCUT2D eigenvalue weighted by molar-refractivity contribution is 0.865. The first-order valence-corrected chi connectivity index (χ1v) is 6.16. The molecule has 0 bridgehead atoms. The van der Waals surface area contributed by atoms with E-state index < -0.39 is 0 Å². The van der Waals surface area contributed by atoms with E-state index >= 15 is 0 Å². The third-order valence-corrected chi connectivity index (χ3v) is 2.89. The number of nitrogens with zero attached hydrogens (tertiary/aromatic N) is 1. The fraction of sp³-hybridized carbons (Fsp3) is 0.231. The molecule has 2 aromatic rings. The molecule has 0 atom stereocenters. The third kappa shape index (κ3) is 3.30. The van der Waals surface area contributed by atoms with E-state index in [9.17, 15) is 0 Å². The van der Waals surface area contributed by atoms with E-state index in [4.69, 9.17) is 12.2 Å². The lowest BCUT2D eigenvalue weighted by Gasteiger charge is -2.12. The number of aromatic nitrogens is 2. The maximum absolute atomic E-state index is 5.26. The van der Waals surface area contributed by atoms with Gasteiger partial charge in [0.2, 0.25) is 0 Å². The highest BCUT2D eigenvalue weighted by Crippen LogP contribution is 2.16. The van der Waals surface area contributed by atoms with Crippen LogP contribution in [0, 0.1) is 13.8 Å². The largest absolute Gasteiger partial charge is 0.357 e. The number of hydrogen-bond acceptors (Lipinski definition) is 2. The molecule has 0 aliphatic rings. The van der Waals surface area contributed by atoms with Crippen molar-refractivity contribution in [1.29, 1.82) is 0 Å². The van der Waals surface area contributed by atoms with Gasteiger partial charge < -0.3 is 10.6 Å². The van der Waals surface area contributed by atoms with Crippen molar-refractivity contribution in [3.05, 3.63) is 47.3 Å². The maximum atomic E-state index is 5.26. The molecule has 0 amide bonds. The number of H-pyrrole nitrogens is 1. The van der Waals surface area contributed by atoms with Gasteiger partial charge >= 0.3 is 0 Å². The Bertz CT molecular complexity index is 534. The third-order valence-electron chi connectivity index (χ3n) is 2.64. The smallest absolute Gasteiger partial charge is 0.171 e. The van der Waals surface area contributed by atoms with Gasteiger partial charge in [-0.2, -0.15) is 5.10 Å². The summed E-state index contributed by atoms with van der Waals surface area (Å²) in [4.78, 5) is 0. The number of rotatable bonds is 3. The van der Waals surface area contributed by atoms with Crippen LogP contribution in [0.25, 0.3) is 0 Å². The highest BCUT2D eigenvalue weighted by molar-refractivity contribution is 7.80. The molecule has 0 saturated carbocycles. The zero-order valence-electron chi connectivity index (χ0n) is 10.4. The van der Waals surface area contributed by atoms with Crippen LogP contribution in [-0.2, 0) is 6.54 Å². The van der Waals surface area contributed by atoms with Crippen molar-refractivity contribution >= 4 is 23.0 Å². The van der Waals surface area contributed by atoms with Crippen LogP contribution in [0.15, 0.2) is 30.5 Å². The van der Waals surface area contributed by atoms with Gasteiger partial charge in [-0.3, -0.25) is 5.10 Å². The lowest BCUT2D eigenvalue weighted by Crippen LogP contribution is -2.28. The highest BCUT2D eigenvalue weighted by Gasteiger charge is 2.02. The van der Waals surface area contributed by atoms with Gasteiger partial charge in [0, 0.05) is 11.9 Å². The van der Waals surface area contributed by atoms with Crippen LogP contribution in [0.3, 0.4) is 0 Å². The van der Waals surface area contributed by atoms with Crippen molar-refractivity contribution in [3.8, 4) is 0 Å². The van der Waals surface area contributed by atoms with Crippen LogP contribution in [0.1, 0.15) is 16.8 Å². The summed E-state index contributed by atoms with van der Waals surface area (Å²) in [7, 11) is 0. The number of nitrogens with one attached hydrogen (secondary N) is 3. The Morgan fingerprint density at radius 2 is 2.17 bits per heavy atom. The van der Waals surface area contributed by atoms with Crippen molar-refractivity contribution in [3.63, 3.8) is 0 Å². The molecule has 0 spiro atoms. The monoisotopic (exact) mass is 260 g/mol. The number of anilines is 1. The molecule has 2 rings (SSSR count). The van der Waals surface area contributed by atoms with Crippen molar-refractivity contribution < 1.29 is 0 Å². The second-order valence-corrected chi connectivity index (χ2v) is 4.62. The van der Waals surface area contributed by atoms with Gasteiger partial charge in [-0.15, -0.1) is 0 Å². The van der Waals surface area contributed by atoms with Gasteiger partial charge in [-0.25, -0.2) is 0 Å². The van der Waals surface area contributed by atoms with Crippen molar-refractivity contribution in [1.82, 2.24) is 15.5 Å². The van der Waals surface area contributed by atoms with Crippen LogP contribution in [-0.4, -0.2) is 15.3 Å². The van der Waals surface area contributed by atoms with Gasteiger partial charge in [0.25, 0.3) is 0 Å². The summed E-state index contributed by atoms with van der Waals surface area (Å²) in [5.74, 6) is 0. The molecule has 4 nitrogen and oxygen atoms in total. The first-order valence-electron chi connectivity index (χ1n) is 5.75. The highest BCUT2D eigenvalue weighted by atomic mass is 32.1. The van der Waals surface area contributed by atoms with Crippen molar-refractivity contribution in [2.75, 3.05) is 5.32 Å². The molecule has 1 heterocycles. The summed E-state index contributed by atoms with van der Waals surface area (Å²) in [5, 5.41) is 13.7. The van der Waals surface area contributed by atoms with Crippen molar-refractivity contribution in [2.24, 2.45) is 0 Å². The molecule has 18 heavy (non-hydrogen) atoms. The molecular formula is C13H16N4S.